The third kappa shape index (κ3) is 4.54. The standard InChI is InChI=1S/C15H16FNO3S/c16-13-5-9-15(10-6-13)21(19,20)17-11-1-2-12-3-7-14(18)8-4-12/h3-10,17-18H,1-2,11H2. The Morgan fingerprint density at radius 3 is 2.24 bits per heavy atom. The van der Waals surface area contributed by atoms with Crippen molar-refractivity contribution in [1.29, 1.82) is 0 Å². The van der Waals surface area contributed by atoms with E-state index in [0.717, 1.165) is 17.7 Å². The Hall–Kier alpha value is -1.92. The molecule has 2 N–H and O–H groups in total. The summed E-state index contributed by atoms with van der Waals surface area (Å²) < 4.78 is 39.1. The van der Waals surface area contributed by atoms with Crippen molar-refractivity contribution in [1.82, 2.24) is 4.72 Å². The van der Waals surface area contributed by atoms with Gasteiger partial charge in [0, 0.05) is 6.54 Å². The average Bonchev–Trinajstić information content (AvgIpc) is 2.46. The number of halogens is 1. The monoisotopic (exact) mass is 309 g/mol. The zero-order chi connectivity index (χ0) is 15.3. The number of aryl methyl sites for hydroxylation is 1. The van der Waals surface area contributed by atoms with E-state index < -0.39 is 15.8 Å². The molecule has 4 nitrogen and oxygen atoms in total. The highest BCUT2D eigenvalue weighted by molar-refractivity contribution is 7.89. The first-order valence-electron chi connectivity index (χ1n) is 6.50. The Kier molecular flexibility index (Phi) is 4.93. The fourth-order valence-electron chi connectivity index (χ4n) is 1.86. The van der Waals surface area contributed by atoms with Gasteiger partial charge in [-0.3, -0.25) is 0 Å². The van der Waals surface area contributed by atoms with E-state index in [1.54, 1.807) is 24.3 Å². The molecule has 21 heavy (non-hydrogen) atoms. The maximum absolute atomic E-state index is 12.8. The number of phenols is 1. The maximum atomic E-state index is 12.8. The molecule has 6 heteroatoms. The third-order valence-corrected chi connectivity index (χ3v) is 4.47. The van der Waals surface area contributed by atoms with Crippen LogP contribution in [0.4, 0.5) is 4.39 Å². The van der Waals surface area contributed by atoms with E-state index in [-0.39, 0.29) is 10.6 Å². The van der Waals surface area contributed by atoms with Crippen LogP contribution in [0.3, 0.4) is 0 Å². The highest BCUT2D eigenvalue weighted by Crippen LogP contribution is 2.12. The van der Waals surface area contributed by atoms with Crippen molar-refractivity contribution in [2.45, 2.75) is 17.7 Å². The molecule has 0 radical (unpaired) electrons. The molecule has 0 aliphatic heterocycles. The summed E-state index contributed by atoms with van der Waals surface area (Å²) in [6.07, 6.45) is 1.33. The van der Waals surface area contributed by atoms with Crippen molar-refractivity contribution in [2.24, 2.45) is 0 Å². The lowest BCUT2D eigenvalue weighted by atomic mass is 10.1. The molecule has 0 bridgehead atoms. The molecule has 0 saturated carbocycles. The summed E-state index contributed by atoms with van der Waals surface area (Å²) in [6, 6.07) is 11.5. The normalized spacial score (nSPS) is 11.5. The number of hydrogen-bond acceptors (Lipinski definition) is 3. The average molecular weight is 309 g/mol. The predicted molar refractivity (Wildman–Crippen MR) is 78.0 cm³/mol. The second-order valence-corrected chi connectivity index (χ2v) is 6.39. The van der Waals surface area contributed by atoms with Gasteiger partial charge in [-0.15, -0.1) is 0 Å². The summed E-state index contributed by atoms with van der Waals surface area (Å²) in [6.45, 7) is 0.292. The molecule has 0 spiro atoms. The molecular weight excluding hydrogens is 293 g/mol. The van der Waals surface area contributed by atoms with Crippen LogP contribution in [0.15, 0.2) is 53.4 Å². The molecule has 0 unspecified atom stereocenters. The Labute approximate surface area is 123 Å². The van der Waals surface area contributed by atoms with Crippen molar-refractivity contribution < 1.29 is 17.9 Å². The van der Waals surface area contributed by atoms with Crippen molar-refractivity contribution in [3.8, 4) is 5.75 Å². The summed E-state index contributed by atoms with van der Waals surface area (Å²) in [5.74, 6) is -0.267. The lowest BCUT2D eigenvalue weighted by molar-refractivity contribution is 0.475. The molecule has 0 saturated heterocycles. The van der Waals surface area contributed by atoms with Crippen LogP contribution < -0.4 is 4.72 Å². The first-order valence-corrected chi connectivity index (χ1v) is 7.99. The zero-order valence-corrected chi connectivity index (χ0v) is 12.1. The minimum absolute atomic E-state index is 0.0496. The second-order valence-electron chi connectivity index (χ2n) is 4.62. The minimum atomic E-state index is -3.59. The van der Waals surface area contributed by atoms with E-state index in [4.69, 9.17) is 5.11 Å². The quantitative estimate of drug-likeness (QED) is 0.806. The van der Waals surface area contributed by atoms with Crippen LogP contribution in [0.5, 0.6) is 5.75 Å². The Morgan fingerprint density at radius 2 is 1.62 bits per heavy atom. The summed E-state index contributed by atoms with van der Waals surface area (Å²) in [5.41, 5.74) is 1.02. The van der Waals surface area contributed by atoms with E-state index in [9.17, 15) is 12.8 Å². The van der Waals surface area contributed by atoms with Gasteiger partial charge in [-0.1, -0.05) is 12.1 Å². The zero-order valence-electron chi connectivity index (χ0n) is 11.3. The van der Waals surface area contributed by atoms with Crippen molar-refractivity contribution in [2.75, 3.05) is 6.54 Å². The van der Waals surface area contributed by atoms with E-state index in [1.807, 2.05) is 0 Å². The summed E-state index contributed by atoms with van der Waals surface area (Å²) in [7, 11) is -3.59. The van der Waals surface area contributed by atoms with Gasteiger partial charge < -0.3 is 5.11 Å². The van der Waals surface area contributed by atoms with Crippen LogP contribution in [-0.2, 0) is 16.4 Å². The molecule has 2 aromatic carbocycles. The smallest absolute Gasteiger partial charge is 0.240 e. The minimum Gasteiger partial charge on any atom is -0.508 e. The number of sulfonamides is 1. The largest absolute Gasteiger partial charge is 0.508 e. The van der Waals surface area contributed by atoms with Crippen LogP contribution in [0.1, 0.15) is 12.0 Å². The number of aromatic hydroxyl groups is 1. The highest BCUT2D eigenvalue weighted by atomic mass is 32.2. The molecule has 2 aromatic rings. The number of benzene rings is 2. The van der Waals surface area contributed by atoms with Crippen LogP contribution in [0.25, 0.3) is 0 Å². The molecule has 0 aliphatic carbocycles. The number of phenolic OH excluding ortho intramolecular Hbond substituents is 1. The van der Waals surface area contributed by atoms with Gasteiger partial charge in [0.1, 0.15) is 11.6 Å². The van der Waals surface area contributed by atoms with E-state index in [2.05, 4.69) is 4.72 Å². The first-order chi connectivity index (χ1) is 9.97. The molecule has 0 atom stereocenters. The predicted octanol–water partition coefficient (Wildman–Crippen LogP) is 2.44. The fourth-order valence-corrected chi connectivity index (χ4v) is 2.93. The van der Waals surface area contributed by atoms with E-state index in [0.29, 0.717) is 19.4 Å². The summed E-state index contributed by atoms with van der Waals surface area (Å²) >= 11 is 0. The second kappa shape index (κ2) is 6.69. The molecule has 0 aliphatic rings. The maximum Gasteiger partial charge on any atom is 0.240 e. The van der Waals surface area contributed by atoms with Crippen molar-refractivity contribution in [3.05, 3.63) is 59.9 Å². The molecular formula is C15H16FNO3S. The van der Waals surface area contributed by atoms with Gasteiger partial charge in [-0.25, -0.2) is 17.5 Å². The fraction of sp³-hybridized carbons (Fsp3) is 0.200. The lowest BCUT2D eigenvalue weighted by Crippen LogP contribution is -2.25. The molecule has 0 aromatic heterocycles. The molecule has 0 heterocycles. The highest BCUT2D eigenvalue weighted by Gasteiger charge is 2.12. The Balaban J connectivity index is 1.85. The summed E-state index contributed by atoms with van der Waals surface area (Å²) in [4.78, 5) is 0.0496. The number of nitrogens with one attached hydrogen (secondary N) is 1. The summed E-state index contributed by atoms with van der Waals surface area (Å²) in [5, 5.41) is 9.16. The van der Waals surface area contributed by atoms with Crippen molar-refractivity contribution in [3.63, 3.8) is 0 Å². The van der Waals surface area contributed by atoms with Crippen LogP contribution in [-0.4, -0.2) is 20.1 Å². The first kappa shape index (κ1) is 15.5. The van der Waals surface area contributed by atoms with Crippen LogP contribution in [0, 0.1) is 5.82 Å². The van der Waals surface area contributed by atoms with Gasteiger partial charge in [-0.2, -0.15) is 0 Å². The topological polar surface area (TPSA) is 66.4 Å². The molecule has 2 rings (SSSR count). The van der Waals surface area contributed by atoms with Crippen molar-refractivity contribution >= 4 is 10.0 Å². The van der Waals surface area contributed by atoms with Crippen LogP contribution >= 0.6 is 0 Å². The van der Waals surface area contributed by atoms with Gasteiger partial charge in [0.25, 0.3) is 0 Å². The number of rotatable bonds is 6. The lowest BCUT2D eigenvalue weighted by Gasteiger charge is -2.07. The van der Waals surface area contributed by atoms with Crippen LogP contribution in [0.2, 0.25) is 0 Å². The Bertz CT molecular complexity index is 682. The molecule has 0 fully saturated rings. The van der Waals surface area contributed by atoms with E-state index >= 15 is 0 Å². The van der Waals surface area contributed by atoms with E-state index in [1.165, 1.54) is 12.1 Å². The van der Waals surface area contributed by atoms with Gasteiger partial charge >= 0.3 is 0 Å². The Morgan fingerprint density at radius 1 is 1.00 bits per heavy atom. The van der Waals surface area contributed by atoms with Gasteiger partial charge in [0.2, 0.25) is 10.0 Å². The SMILES string of the molecule is O=S(=O)(NCCCc1ccc(O)cc1)c1ccc(F)cc1. The number of hydrogen-bond donors (Lipinski definition) is 2. The van der Waals surface area contributed by atoms with Gasteiger partial charge in [0.05, 0.1) is 4.90 Å². The third-order valence-electron chi connectivity index (χ3n) is 2.99. The van der Waals surface area contributed by atoms with Gasteiger partial charge in [0.15, 0.2) is 0 Å². The van der Waals surface area contributed by atoms with Gasteiger partial charge in [-0.05, 0) is 54.8 Å². The molecule has 0 amide bonds. The molecule has 112 valence electrons.